The summed E-state index contributed by atoms with van der Waals surface area (Å²) in [4.78, 5) is 28.7. The van der Waals surface area contributed by atoms with Crippen molar-refractivity contribution >= 4 is 17.8 Å². The summed E-state index contributed by atoms with van der Waals surface area (Å²) in [6.45, 7) is 0. The molecule has 5 nitrogen and oxygen atoms in total. The van der Waals surface area contributed by atoms with Crippen molar-refractivity contribution in [2.45, 2.75) is 0 Å². The van der Waals surface area contributed by atoms with E-state index in [1.54, 1.807) is 30.5 Å². The molecule has 3 aromatic rings. The number of rotatable bonds is 3. The van der Waals surface area contributed by atoms with E-state index in [0.717, 1.165) is 0 Å². The van der Waals surface area contributed by atoms with Gasteiger partial charge in [0.25, 0.3) is 0 Å². The molecule has 0 atom stereocenters. The summed E-state index contributed by atoms with van der Waals surface area (Å²) in [6, 6.07) is 15.2. The monoisotopic (exact) mass is 361 g/mol. The van der Waals surface area contributed by atoms with Crippen LogP contribution in [0.5, 0.6) is 11.5 Å². The van der Waals surface area contributed by atoms with Crippen LogP contribution in [0.25, 0.3) is 6.08 Å². The second kappa shape index (κ2) is 6.84. The number of ketones is 1. The molecule has 0 aliphatic carbocycles. The predicted octanol–water partition coefficient (Wildman–Crippen LogP) is 4.06. The molecule has 0 bridgehead atoms. The van der Waals surface area contributed by atoms with Crippen LogP contribution in [0.1, 0.15) is 26.4 Å². The first-order valence-electron chi connectivity index (χ1n) is 8.08. The van der Waals surface area contributed by atoms with E-state index < -0.39 is 11.8 Å². The van der Waals surface area contributed by atoms with Gasteiger partial charge >= 0.3 is 5.97 Å². The van der Waals surface area contributed by atoms with Gasteiger partial charge in [0, 0.05) is 18.3 Å². The van der Waals surface area contributed by atoms with Crippen LogP contribution in [0.3, 0.4) is 0 Å². The normalized spacial score (nSPS) is 14.0. The summed E-state index contributed by atoms with van der Waals surface area (Å²) in [5.74, 6) is -1.25. The molecule has 0 amide bonds. The molecule has 2 aromatic carbocycles. The van der Waals surface area contributed by atoms with E-state index in [4.69, 9.17) is 9.47 Å². The van der Waals surface area contributed by atoms with Crippen LogP contribution in [0.15, 0.2) is 72.6 Å². The van der Waals surface area contributed by atoms with Crippen molar-refractivity contribution in [1.29, 1.82) is 0 Å². The Kier molecular flexibility index (Phi) is 4.22. The Balaban J connectivity index is 1.57. The highest BCUT2D eigenvalue weighted by molar-refractivity contribution is 6.14. The molecule has 6 heteroatoms. The van der Waals surface area contributed by atoms with E-state index in [0.29, 0.717) is 11.3 Å². The van der Waals surface area contributed by atoms with Gasteiger partial charge in [0.1, 0.15) is 17.3 Å². The minimum Gasteiger partial charge on any atom is -0.452 e. The zero-order valence-corrected chi connectivity index (χ0v) is 13.9. The highest BCUT2D eigenvalue weighted by Crippen LogP contribution is 2.35. The number of benzene rings is 2. The molecule has 1 aliphatic rings. The summed E-state index contributed by atoms with van der Waals surface area (Å²) >= 11 is 0. The van der Waals surface area contributed by atoms with Gasteiger partial charge in [-0.05, 0) is 36.4 Å². The molecule has 1 aliphatic heterocycles. The number of hydrogen-bond acceptors (Lipinski definition) is 5. The average Bonchev–Trinajstić information content (AvgIpc) is 2.98. The number of pyridine rings is 1. The summed E-state index contributed by atoms with van der Waals surface area (Å²) < 4.78 is 24.5. The van der Waals surface area contributed by atoms with E-state index >= 15 is 0 Å². The van der Waals surface area contributed by atoms with Crippen LogP contribution < -0.4 is 9.47 Å². The van der Waals surface area contributed by atoms with Crippen molar-refractivity contribution in [2.24, 2.45) is 0 Å². The van der Waals surface area contributed by atoms with Gasteiger partial charge in [-0.15, -0.1) is 0 Å². The van der Waals surface area contributed by atoms with Crippen molar-refractivity contribution in [3.63, 3.8) is 0 Å². The van der Waals surface area contributed by atoms with Gasteiger partial charge < -0.3 is 9.47 Å². The molecule has 27 heavy (non-hydrogen) atoms. The average molecular weight is 361 g/mol. The zero-order chi connectivity index (χ0) is 18.8. The van der Waals surface area contributed by atoms with Crippen LogP contribution in [0.2, 0.25) is 0 Å². The van der Waals surface area contributed by atoms with E-state index in [-0.39, 0.29) is 28.6 Å². The maximum Gasteiger partial charge on any atom is 0.346 e. The third-order valence-corrected chi connectivity index (χ3v) is 3.91. The van der Waals surface area contributed by atoms with Crippen LogP contribution in [0.4, 0.5) is 4.39 Å². The fourth-order valence-electron chi connectivity index (χ4n) is 2.62. The quantitative estimate of drug-likeness (QED) is 0.400. The lowest BCUT2D eigenvalue weighted by Crippen LogP contribution is -2.10. The van der Waals surface area contributed by atoms with Gasteiger partial charge in [-0.2, -0.15) is 0 Å². The summed E-state index contributed by atoms with van der Waals surface area (Å²) in [5, 5.41) is 0. The fourth-order valence-corrected chi connectivity index (χ4v) is 2.62. The van der Waals surface area contributed by atoms with E-state index in [2.05, 4.69) is 4.98 Å². The Labute approximate surface area is 153 Å². The number of fused-ring (bicyclic) bond motifs is 1. The van der Waals surface area contributed by atoms with Crippen molar-refractivity contribution < 1.29 is 23.5 Å². The molecule has 0 N–H and O–H groups in total. The first-order chi connectivity index (χ1) is 13.1. The minimum atomic E-state index is -0.832. The first kappa shape index (κ1) is 16.7. The summed E-state index contributed by atoms with van der Waals surface area (Å²) in [5.41, 5.74) is 0.758. The van der Waals surface area contributed by atoms with Crippen molar-refractivity contribution in [2.75, 3.05) is 0 Å². The minimum absolute atomic E-state index is 0.126. The third-order valence-electron chi connectivity index (χ3n) is 3.91. The molecule has 2 heterocycles. The van der Waals surface area contributed by atoms with Gasteiger partial charge in [0.05, 0.1) is 16.8 Å². The number of carbonyl (C=O) groups excluding carboxylic acids is 2. The first-order valence-corrected chi connectivity index (χ1v) is 8.08. The molecule has 0 saturated heterocycles. The maximum atomic E-state index is 13.7. The van der Waals surface area contributed by atoms with Crippen LogP contribution >= 0.6 is 0 Å². The van der Waals surface area contributed by atoms with E-state index in [1.165, 1.54) is 42.5 Å². The summed E-state index contributed by atoms with van der Waals surface area (Å²) in [7, 11) is 0. The molecule has 0 fully saturated rings. The Hall–Kier alpha value is -3.80. The number of carbonyl (C=O) groups is 2. The summed E-state index contributed by atoms with van der Waals surface area (Å²) in [6.07, 6.45) is 3.15. The number of allylic oxidation sites excluding steroid dienone is 1. The van der Waals surface area contributed by atoms with Gasteiger partial charge in [-0.1, -0.05) is 18.2 Å². The molecular weight excluding hydrogens is 349 g/mol. The van der Waals surface area contributed by atoms with Crippen LogP contribution in [-0.4, -0.2) is 16.7 Å². The fraction of sp³-hybridized carbons (Fsp3) is 0. The Bertz CT molecular complexity index is 1080. The van der Waals surface area contributed by atoms with Crippen LogP contribution in [-0.2, 0) is 0 Å². The number of ether oxygens (including phenoxy) is 2. The molecule has 4 rings (SSSR count). The standard InChI is InChI=1S/C21H12FNO4/c22-17-7-2-1-6-15(17)21(25)26-14-8-9-16-18(12-14)27-19(20(16)24)11-13-5-3-4-10-23-13/h1-12H/b19-11-. The Morgan fingerprint density at radius 1 is 1.07 bits per heavy atom. The lowest BCUT2D eigenvalue weighted by atomic mass is 10.1. The van der Waals surface area contributed by atoms with Gasteiger partial charge in [0.2, 0.25) is 5.78 Å². The van der Waals surface area contributed by atoms with Gasteiger partial charge in [-0.3, -0.25) is 9.78 Å². The highest BCUT2D eigenvalue weighted by Gasteiger charge is 2.28. The molecule has 1 aromatic heterocycles. The molecule has 0 radical (unpaired) electrons. The van der Waals surface area contributed by atoms with Gasteiger partial charge in [-0.25, -0.2) is 9.18 Å². The highest BCUT2D eigenvalue weighted by atomic mass is 19.1. The number of halogens is 1. The zero-order valence-electron chi connectivity index (χ0n) is 13.9. The number of aromatic nitrogens is 1. The molecule has 132 valence electrons. The number of esters is 1. The smallest absolute Gasteiger partial charge is 0.346 e. The topological polar surface area (TPSA) is 65.5 Å². The Morgan fingerprint density at radius 3 is 2.67 bits per heavy atom. The van der Waals surface area contributed by atoms with Gasteiger partial charge in [0.15, 0.2) is 5.76 Å². The predicted molar refractivity (Wildman–Crippen MR) is 95.0 cm³/mol. The maximum absolute atomic E-state index is 13.7. The molecular formula is C21H12FNO4. The van der Waals surface area contributed by atoms with E-state index in [1.807, 2.05) is 0 Å². The van der Waals surface area contributed by atoms with Crippen molar-refractivity contribution in [3.05, 3.63) is 95.3 Å². The Morgan fingerprint density at radius 2 is 1.89 bits per heavy atom. The third kappa shape index (κ3) is 3.32. The number of hydrogen-bond donors (Lipinski definition) is 0. The lowest BCUT2D eigenvalue weighted by Gasteiger charge is -2.06. The molecule has 0 unspecified atom stereocenters. The second-order valence-corrected chi connectivity index (χ2v) is 5.72. The number of Topliss-reactive ketones (excluding diaryl/α,β-unsaturated/α-hetero) is 1. The lowest BCUT2D eigenvalue weighted by molar-refractivity contribution is 0.0729. The van der Waals surface area contributed by atoms with Crippen LogP contribution in [0, 0.1) is 5.82 Å². The number of nitrogens with zero attached hydrogens (tertiary/aromatic N) is 1. The molecule has 0 spiro atoms. The largest absolute Gasteiger partial charge is 0.452 e. The van der Waals surface area contributed by atoms with Crippen molar-refractivity contribution in [1.82, 2.24) is 4.98 Å². The van der Waals surface area contributed by atoms with Crippen molar-refractivity contribution in [3.8, 4) is 11.5 Å². The second-order valence-electron chi connectivity index (χ2n) is 5.72. The SMILES string of the molecule is O=C(Oc1ccc2c(c1)O/C(=C\c1ccccn1)C2=O)c1ccccc1F. The molecule has 0 saturated carbocycles. The van der Waals surface area contributed by atoms with E-state index in [9.17, 15) is 14.0 Å².